The number of aromatic nitrogens is 1. The molecule has 0 aliphatic carbocycles. The van der Waals surface area contributed by atoms with Crippen molar-refractivity contribution in [2.24, 2.45) is 5.14 Å². The Labute approximate surface area is 97.1 Å². The lowest BCUT2D eigenvalue weighted by Crippen LogP contribution is -2.21. The molecule has 0 saturated heterocycles. The third kappa shape index (κ3) is 2.78. The molecule has 2 rings (SSSR count). The predicted octanol–water partition coefficient (Wildman–Crippen LogP) is 1.43. The molecule has 0 aliphatic rings. The minimum atomic E-state index is -3.71. The van der Waals surface area contributed by atoms with E-state index in [4.69, 9.17) is 5.14 Å². The van der Waals surface area contributed by atoms with Crippen LogP contribution in [0.15, 0.2) is 35.8 Å². The zero-order chi connectivity index (χ0) is 11.6. The summed E-state index contributed by atoms with van der Waals surface area (Å²) in [5.74, 6) is 0. The van der Waals surface area contributed by atoms with E-state index in [1.807, 2.05) is 5.38 Å². The maximum Gasteiger partial charge on any atom is 0.296 e. The van der Waals surface area contributed by atoms with Gasteiger partial charge in [-0.15, -0.1) is 11.3 Å². The zero-order valence-electron chi connectivity index (χ0n) is 8.12. The van der Waals surface area contributed by atoms with Gasteiger partial charge in [0.05, 0.1) is 0 Å². The molecule has 2 aromatic rings. The number of benzene rings is 1. The Morgan fingerprint density at radius 3 is 2.44 bits per heavy atom. The second kappa shape index (κ2) is 4.20. The van der Waals surface area contributed by atoms with E-state index in [0.29, 0.717) is 5.69 Å². The standard InChI is InChI=1S/C9H9N3O2S2/c10-16(13,14)12-8-3-1-7(2-4-8)9-11-5-6-15-9/h1-6,12H,(H2,10,13,14). The fourth-order valence-corrected chi connectivity index (χ4v) is 2.32. The lowest BCUT2D eigenvalue weighted by molar-refractivity contribution is 0.603. The van der Waals surface area contributed by atoms with E-state index in [-0.39, 0.29) is 0 Å². The minimum Gasteiger partial charge on any atom is -0.271 e. The van der Waals surface area contributed by atoms with Gasteiger partial charge < -0.3 is 0 Å². The lowest BCUT2D eigenvalue weighted by atomic mass is 10.2. The number of hydrogen-bond acceptors (Lipinski definition) is 4. The van der Waals surface area contributed by atoms with Crippen molar-refractivity contribution in [2.45, 2.75) is 0 Å². The summed E-state index contributed by atoms with van der Waals surface area (Å²) >= 11 is 1.52. The molecule has 5 nitrogen and oxygen atoms in total. The van der Waals surface area contributed by atoms with Crippen LogP contribution in [0.5, 0.6) is 0 Å². The minimum absolute atomic E-state index is 0.433. The molecule has 16 heavy (non-hydrogen) atoms. The molecule has 7 heteroatoms. The number of rotatable bonds is 3. The van der Waals surface area contributed by atoms with Gasteiger partial charge in [-0.2, -0.15) is 8.42 Å². The maximum atomic E-state index is 10.8. The predicted molar refractivity (Wildman–Crippen MR) is 64.3 cm³/mol. The van der Waals surface area contributed by atoms with Crippen molar-refractivity contribution in [3.8, 4) is 10.6 Å². The maximum absolute atomic E-state index is 10.8. The number of nitrogens with zero attached hydrogens (tertiary/aromatic N) is 1. The van der Waals surface area contributed by atoms with Crippen LogP contribution in [0, 0.1) is 0 Å². The molecule has 3 N–H and O–H groups in total. The van der Waals surface area contributed by atoms with Gasteiger partial charge in [-0.25, -0.2) is 10.1 Å². The van der Waals surface area contributed by atoms with Crippen LogP contribution >= 0.6 is 11.3 Å². The molecular weight excluding hydrogens is 246 g/mol. The van der Waals surface area contributed by atoms with Gasteiger partial charge in [0.1, 0.15) is 5.01 Å². The highest BCUT2D eigenvalue weighted by molar-refractivity contribution is 7.90. The highest BCUT2D eigenvalue weighted by Gasteiger charge is 2.03. The summed E-state index contributed by atoms with van der Waals surface area (Å²) in [4.78, 5) is 4.15. The Bertz CT molecular complexity index is 561. The highest BCUT2D eigenvalue weighted by atomic mass is 32.2. The Balaban J connectivity index is 2.24. The van der Waals surface area contributed by atoms with E-state index in [1.165, 1.54) is 11.3 Å². The molecule has 0 spiro atoms. The van der Waals surface area contributed by atoms with Gasteiger partial charge in [0, 0.05) is 22.8 Å². The lowest BCUT2D eigenvalue weighted by Gasteiger charge is -2.03. The van der Waals surface area contributed by atoms with Crippen LogP contribution in [-0.2, 0) is 10.2 Å². The fraction of sp³-hybridized carbons (Fsp3) is 0. The molecule has 0 amide bonds. The largest absolute Gasteiger partial charge is 0.296 e. The van der Waals surface area contributed by atoms with E-state index in [9.17, 15) is 8.42 Å². The third-order valence-corrected chi connectivity index (χ3v) is 3.17. The molecule has 0 saturated carbocycles. The Hall–Kier alpha value is -1.44. The van der Waals surface area contributed by atoms with Gasteiger partial charge in [0.15, 0.2) is 0 Å². The molecule has 0 unspecified atom stereocenters. The van der Waals surface area contributed by atoms with Crippen LogP contribution in [-0.4, -0.2) is 13.4 Å². The molecular formula is C9H9N3O2S2. The fourth-order valence-electron chi connectivity index (χ4n) is 1.21. The van der Waals surface area contributed by atoms with Crippen molar-refractivity contribution in [1.82, 2.24) is 4.98 Å². The van der Waals surface area contributed by atoms with Gasteiger partial charge >= 0.3 is 0 Å². The van der Waals surface area contributed by atoms with E-state index in [2.05, 4.69) is 9.71 Å². The second-order valence-electron chi connectivity index (χ2n) is 3.06. The molecule has 0 aliphatic heterocycles. The highest BCUT2D eigenvalue weighted by Crippen LogP contribution is 2.23. The summed E-state index contributed by atoms with van der Waals surface area (Å²) < 4.78 is 23.7. The molecule has 1 aromatic heterocycles. The van der Waals surface area contributed by atoms with E-state index in [1.54, 1.807) is 30.5 Å². The monoisotopic (exact) mass is 255 g/mol. The molecule has 84 valence electrons. The van der Waals surface area contributed by atoms with Crippen molar-refractivity contribution >= 4 is 27.2 Å². The smallest absolute Gasteiger partial charge is 0.271 e. The topological polar surface area (TPSA) is 85.1 Å². The van der Waals surface area contributed by atoms with E-state index >= 15 is 0 Å². The first-order valence-corrected chi connectivity index (χ1v) is 6.78. The molecule has 0 fully saturated rings. The molecule has 0 bridgehead atoms. The number of hydrogen-bond donors (Lipinski definition) is 2. The molecule has 1 aromatic carbocycles. The summed E-state index contributed by atoms with van der Waals surface area (Å²) in [6.07, 6.45) is 1.72. The van der Waals surface area contributed by atoms with Gasteiger partial charge in [0.25, 0.3) is 10.2 Å². The average Bonchev–Trinajstić information content (AvgIpc) is 2.69. The molecule has 0 radical (unpaired) electrons. The van der Waals surface area contributed by atoms with E-state index in [0.717, 1.165) is 10.6 Å². The Kier molecular flexibility index (Phi) is 2.90. The van der Waals surface area contributed by atoms with Gasteiger partial charge in [-0.3, -0.25) is 4.72 Å². The Morgan fingerprint density at radius 2 is 1.94 bits per heavy atom. The summed E-state index contributed by atoms with van der Waals surface area (Å²) in [5, 5.41) is 7.62. The Morgan fingerprint density at radius 1 is 1.25 bits per heavy atom. The first-order valence-electron chi connectivity index (χ1n) is 4.35. The number of thiazole rings is 1. The summed E-state index contributed by atoms with van der Waals surface area (Å²) in [7, 11) is -3.71. The molecule has 0 atom stereocenters. The average molecular weight is 255 g/mol. The SMILES string of the molecule is NS(=O)(=O)Nc1ccc(-c2nccs2)cc1. The third-order valence-electron chi connectivity index (χ3n) is 1.82. The van der Waals surface area contributed by atoms with Crippen LogP contribution in [0.4, 0.5) is 5.69 Å². The van der Waals surface area contributed by atoms with Crippen molar-refractivity contribution in [2.75, 3.05) is 4.72 Å². The van der Waals surface area contributed by atoms with Crippen LogP contribution in [0.25, 0.3) is 10.6 Å². The number of nitrogens with two attached hydrogens (primary N) is 1. The number of anilines is 1. The number of nitrogens with one attached hydrogen (secondary N) is 1. The van der Waals surface area contributed by atoms with E-state index < -0.39 is 10.2 Å². The van der Waals surface area contributed by atoms with Crippen LogP contribution in [0.3, 0.4) is 0 Å². The van der Waals surface area contributed by atoms with Crippen molar-refractivity contribution in [1.29, 1.82) is 0 Å². The van der Waals surface area contributed by atoms with Gasteiger partial charge in [0.2, 0.25) is 0 Å². The molecule has 1 heterocycles. The second-order valence-corrected chi connectivity index (χ2v) is 5.25. The summed E-state index contributed by atoms with van der Waals surface area (Å²) in [6, 6.07) is 6.85. The van der Waals surface area contributed by atoms with Crippen molar-refractivity contribution in [3.63, 3.8) is 0 Å². The first-order chi connectivity index (χ1) is 7.54. The summed E-state index contributed by atoms with van der Waals surface area (Å²) in [5.41, 5.74) is 1.37. The zero-order valence-corrected chi connectivity index (χ0v) is 9.75. The van der Waals surface area contributed by atoms with Crippen LogP contribution < -0.4 is 9.86 Å². The normalized spacial score (nSPS) is 11.3. The quantitative estimate of drug-likeness (QED) is 0.870. The van der Waals surface area contributed by atoms with Crippen molar-refractivity contribution in [3.05, 3.63) is 35.8 Å². The first kappa shape index (κ1) is 11.1. The van der Waals surface area contributed by atoms with Crippen LogP contribution in [0.2, 0.25) is 0 Å². The van der Waals surface area contributed by atoms with Crippen LogP contribution in [0.1, 0.15) is 0 Å². The van der Waals surface area contributed by atoms with Crippen molar-refractivity contribution < 1.29 is 8.42 Å². The van der Waals surface area contributed by atoms with Gasteiger partial charge in [-0.1, -0.05) is 0 Å². The summed E-state index contributed by atoms with van der Waals surface area (Å²) in [6.45, 7) is 0. The van der Waals surface area contributed by atoms with Gasteiger partial charge in [-0.05, 0) is 24.3 Å².